The van der Waals surface area contributed by atoms with E-state index < -0.39 is 0 Å². The Labute approximate surface area is 113 Å². The topological polar surface area (TPSA) is 46.3 Å². The number of fused-ring (bicyclic) bond motifs is 1. The molecule has 3 nitrogen and oxygen atoms in total. The van der Waals surface area contributed by atoms with Gasteiger partial charge in [-0.3, -0.25) is 4.79 Å². The third-order valence-electron chi connectivity index (χ3n) is 3.90. The molecule has 2 aliphatic rings. The second kappa shape index (κ2) is 4.92. The van der Waals surface area contributed by atoms with E-state index in [1.165, 1.54) is 17.6 Å². The van der Waals surface area contributed by atoms with Gasteiger partial charge in [0.1, 0.15) is 0 Å². The fraction of sp³-hybridized carbons (Fsp3) is 0.312. The number of benzene rings is 1. The fourth-order valence-corrected chi connectivity index (χ4v) is 2.93. The van der Waals surface area contributed by atoms with Crippen molar-refractivity contribution in [3.63, 3.8) is 0 Å². The summed E-state index contributed by atoms with van der Waals surface area (Å²) in [5, 5.41) is 0. The zero-order chi connectivity index (χ0) is 13.2. The Morgan fingerprint density at radius 3 is 2.58 bits per heavy atom. The van der Waals surface area contributed by atoms with Crippen molar-refractivity contribution in [3.8, 4) is 0 Å². The molecule has 0 aromatic heterocycles. The highest BCUT2D eigenvalue weighted by Gasteiger charge is 2.25. The molecule has 1 fully saturated rings. The van der Waals surface area contributed by atoms with Crippen molar-refractivity contribution < 1.29 is 4.79 Å². The van der Waals surface area contributed by atoms with E-state index in [2.05, 4.69) is 23.2 Å². The molecule has 1 aromatic carbocycles. The van der Waals surface area contributed by atoms with Crippen LogP contribution in [0.2, 0.25) is 0 Å². The molecule has 0 bridgehead atoms. The van der Waals surface area contributed by atoms with Crippen LogP contribution in [0.15, 0.2) is 53.3 Å². The van der Waals surface area contributed by atoms with Gasteiger partial charge in [-0.2, -0.15) is 0 Å². The largest absolute Gasteiger partial charge is 0.366 e. The number of nitrogens with two attached hydrogens (primary N) is 1. The molecule has 1 aliphatic carbocycles. The molecule has 1 saturated carbocycles. The SMILES string of the molecule is NC(=O)C1=C2CCCCC2=CN(c2ccccc2)C1. The van der Waals surface area contributed by atoms with Crippen molar-refractivity contribution in [1.82, 2.24) is 0 Å². The average molecular weight is 254 g/mol. The van der Waals surface area contributed by atoms with Crippen LogP contribution in [-0.4, -0.2) is 12.5 Å². The van der Waals surface area contributed by atoms with Crippen molar-refractivity contribution in [3.05, 3.63) is 53.3 Å². The first-order valence-corrected chi connectivity index (χ1v) is 6.80. The van der Waals surface area contributed by atoms with Crippen LogP contribution in [0, 0.1) is 0 Å². The molecule has 1 amide bonds. The number of hydrogen-bond acceptors (Lipinski definition) is 2. The number of rotatable bonds is 2. The Morgan fingerprint density at radius 2 is 1.84 bits per heavy atom. The molecule has 1 heterocycles. The third-order valence-corrected chi connectivity index (χ3v) is 3.90. The van der Waals surface area contributed by atoms with Gasteiger partial charge in [-0.25, -0.2) is 0 Å². The van der Waals surface area contributed by atoms with Crippen LogP contribution in [0.4, 0.5) is 5.69 Å². The minimum atomic E-state index is -0.275. The van der Waals surface area contributed by atoms with Gasteiger partial charge < -0.3 is 10.6 Å². The lowest BCUT2D eigenvalue weighted by Crippen LogP contribution is -2.32. The molecule has 0 atom stereocenters. The van der Waals surface area contributed by atoms with Crippen LogP contribution in [-0.2, 0) is 4.79 Å². The molecular formula is C16H18N2O. The Hall–Kier alpha value is -2.03. The van der Waals surface area contributed by atoms with Crippen LogP contribution in [0.25, 0.3) is 0 Å². The molecule has 3 heteroatoms. The first-order chi connectivity index (χ1) is 9.25. The lowest BCUT2D eigenvalue weighted by molar-refractivity contribution is -0.114. The number of primary amides is 1. The number of para-hydroxylation sites is 1. The summed E-state index contributed by atoms with van der Waals surface area (Å²) >= 11 is 0. The maximum Gasteiger partial charge on any atom is 0.246 e. The molecular weight excluding hydrogens is 236 g/mol. The monoisotopic (exact) mass is 254 g/mol. The minimum Gasteiger partial charge on any atom is -0.366 e. The number of anilines is 1. The third kappa shape index (κ3) is 2.28. The van der Waals surface area contributed by atoms with Gasteiger partial charge in [-0.1, -0.05) is 18.2 Å². The van der Waals surface area contributed by atoms with Crippen LogP contribution in [0.3, 0.4) is 0 Å². The summed E-state index contributed by atoms with van der Waals surface area (Å²) in [6.45, 7) is 0.595. The van der Waals surface area contributed by atoms with E-state index in [0.29, 0.717) is 6.54 Å². The number of hydrogen-bond donors (Lipinski definition) is 1. The quantitative estimate of drug-likeness (QED) is 0.882. The van der Waals surface area contributed by atoms with Crippen molar-refractivity contribution in [2.75, 3.05) is 11.4 Å². The van der Waals surface area contributed by atoms with Crippen molar-refractivity contribution in [1.29, 1.82) is 0 Å². The van der Waals surface area contributed by atoms with Gasteiger partial charge in [0.05, 0.1) is 6.54 Å². The summed E-state index contributed by atoms with van der Waals surface area (Å²) < 4.78 is 0. The molecule has 0 saturated heterocycles. The molecule has 2 N–H and O–H groups in total. The second-order valence-electron chi connectivity index (χ2n) is 5.15. The maximum absolute atomic E-state index is 11.7. The van der Waals surface area contributed by atoms with Gasteiger partial charge in [-0.15, -0.1) is 0 Å². The van der Waals surface area contributed by atoms with Gasteiger partial charge in [-0.05, 0) is 49.0 Å². The zero-order valence-electron chi connectivity index (χ0n) is 10.9. The van der Waals surface area contributed by atoms with Gasteiger partial charge in [0.15, 0.2) is 0 Å². The number of nitrogens with zero attached hydrogens (tertiary/aromatic N) is 1. The van der Waals surface area contributed by atoms with E-state index in [4.69, 9.17) is 5.73 Å². The standard InChI is InChI=1S/C16H18N2O/c17-16(19)15-11-18(13-7-2-1-3-8-13)10-12-6-4-5-9-14(12)15/h1-3,7-8,10H,4-6,9,11H2,(H2,17,19). The van der Waals surface area contributed by atoms with E-state index in [9.17, 15) is 4.79 Å². The summed E-state index contributed by atoms with van der Waals surface area (Å²) in [5.74, 6) is -0.275. The number of amides is 1. The van der Waals surface area contributed by atoms with Crippen LogP contribution < -0.4 is 10.6 Å². The summed E-state index contributed by atoms with van der Waals surface area (Å²) in [6.07, 6.45) is 6.59. The summed E-state index contributed by atoms with van der Waals surface area (Å²) in [4.78, 5) is 13.8. The smallest absolute Gasteiger partial charge is 0.246 e. The van der Waals surface area contributed by atoms with Gasteiger partial charge in [0.25, 0.3) is 0 Å². The summed E-state index contributed by atoms with van der Waals surface area (Å²) in [7, 11) is 0. The van der Waals surface area contributed by atoms with Gasteiger partial charge >= 0.3 is 0 Å². The van der Waals surface area contributed by atoms with E-state index >= 15 is 0 Å². The van der Waals surface area contributed by atoms with Gasteiger partial charge in [0.2, 0.25) is 5.91 Å². The molecule has 1 aromatic rings. The first-order valence-electron chi connectivity index (χ1n) is 6.80. The summed E-state index contributed by atoms with van der Waals surface area (Å²) in [5.41, 5.74) is 9.95. The molecule has 0 unspecified atom stereocenters. The lowest BCUT2D eigenvalue weighted by atomic mass is 9.84. The normalized spacial score (nSPS) is 18.9. The second-order valence-corrected chi connectivity index (χ2v) is 5.15. The average Bonchev–Trinajstić information content (AvgIpc) is 2.47. The van der Waals surface area contributed by atoms with Crippen molar-refractivity contribution in [2.24, 2.45) is 5.73 Å². The highest BCUT2D eigenvalue weighted by molar-refractivity contribution is 5.95. The van der Waals surface area contributed by atoms with E-state index in [1.807, 2.05) is 18.2 Å². The van der Waals surface area contributed by atoms with Crippen molar-refractivity contribution in [2.45, 2.75) is 25.7 Å². The van der Waals surface area contributed by atoms with Crippen LogP contribution in [0.1, 0.15) is 25.7 Å². The molecule has 0 spiro atoms. The zero-order valence-corrected chi connectivity index (χ0v) is 10.9. The lowest BCUT2D eigenvalue weighted by Gasteiger charge is -2.32. The Kier molecular flexibility index (Phi) is 3.11. The fourth-order valence-electron chi connectivity index (χ4n) is 2.93. The Bertz CT molecular complexity index is 557. The highest BCUT2D eigenvalue weighted by Crippen LogP contribution is 2.35. The number of carbonyl (C=O) groups excluding carboxylic acids is 1. The van der Waals surface area contributed by atoms with E-state index in [0.717, 1.165) is 30.5 Å². The minimum absolute atomic E-state index is 0.275. The number of carbonyl (C=O) groups is 1. The van der Waals surface area contributed by atoms with Crippen LogP contribution >= 0.6 is 0 Å². The Morgan fingerprint density at radius 1 is 1.11 bits per heavy atom. The van der Waals surface area contributed by atoms with Crippen molar-refractivity contribution >= 4 is 11.6 Å². The molecule has 98 valence electrons. The Balaban J connectivity index is 1.99. The highest BCUT2D eigenvalue weighted by atomic mass is 16.1. The van der Waals surface area contributed by atoms with E-state index in [-0.39, 0.29) is 5.91 Å². The number of allylic oxidation sites excluding steroid dienone is 2. The molecule has 3 rings (SSSR count). The first kappa shape index (κ1) is 12.0. The predicted octanol–water partition coefficient (Wildman–Crippen LogP) is 2.75. The molecule has 1 aliphatic heterocycles. The molecule has 0 radical (unpaired) electrons. The predicted molar refractivity (Wildman–Crippen MR) is 76.6 cm³/mol. The van der Waals surface area contributed by atoms with Crippen LogP contribution in [0.5, 0.6) is 0 Å². The van der Waals surface area contributed by atoms with E-state index in [1.54, 1.807) is 0 Å². The van der Waals surface area contributed by atoms with Gasteiger partial charge in [0, 0.05) is 17.5 Å². The summed E-state index contributed by atoms with van der Waals surface area (Å²) in [6, 6.07) is 10.1. The molecule has 19 heavy (non-hydrogen) atoms. The maximum atomic E-state index is 11.7.